The number of nitrogens with zero attached hydrogens (tertiary/aromatic N) is 5. The van der Waals surface area contributed by atoms with Crippen LogP contribution in [0.3, 0.4) is 0 Å². The van der Waals surface area contributed by atoms with E-state index < -0.39 is 0 Å². The minimum atomic E-state index is -0.0978. The second kappa shape index (κ2) is 7.94. The van der Waals surface area contributed by atoms with Gasteiger partial charge in [-0.05, 0) is 31.2 Å². The van der Waals surface area contributed by atoms with Crippen LogP contribution >= 0.6 is 0 Å². The first-order chi connectivity index (χ1) is 13.7. The van der Waals surface area contributed by atoms with Gasteiger partial charge >= 0.3 is 0 Å². The fourth-order valence-corrected chi connectivity index (χ4v) is 3.53. The van der Waals surface area contributed by atoms with Crippen LogP contribution in [0.2, 0.25) is 0 Å². The maximum Gasteiger partial charge on any atom is 0.293 e. The molecule has 0 atom stereocenters. The van der Waals surface area contributed by atoms with Crippen LogP contribution in [-0.2, 0) is 0 Å². The number of carbonyl (C=O) groups excluding carboxylic acids is 1. The molecule has 6 nitrogen and oxygen atoms in total. The van der Waals surface area contributed by atoms with Crippen molar-refractivity contribution in [3.8, 4) is 17.1 Å². The van der Waals surface area contributed by atoms with Gasteiger partial charge in [-0.1, -0.05) is 49.4 Å². The van der Waals surface area contributed by atoms with Gasteiger partial charge in [0.15, 0.2) is 5.82 Å². The smallest absolute Gasteiger partial charge is 0.293 e. The molecular formula is C22H25N5O. The highest BCUT2D eigenvalue weighted by Gasteiger charge is 2.26. The molecule has 6 heteroatoms. The Balaban J connectivity index is 1.70. The lowest BCUT2D eigenvalue weighted by Crippen LogP contribution is -2.48. The van der Waals surface area contributed by atoms with Crippen molar-refractivity contribution in [3.63, 3.8) is 0 Å². The summed E-state index contributed by atoms with van der Waals surface area (Å²) >= 11 is 0. The Morgan fingerprint density at radius 1 is 1.00 bits per heavy atom. The molecule has 144 valence electrons. The molecule has 1 aromatic heterocycles. The van der Waals surface area contributed by atoms with Gasteiger partial charge in [-0.3, -0.25) is 4.79 Å². The molecule has 2 heterocycles. The predicted octanol–water partition coefficient (Wildman–Crippen LogP) is 3.02. The van der Waals surface area contributed by atoms with Crippen LogP contribution in [0.15, 0.2) is 54.6 Å². The second-order valence-corrected chi connectivity index (χ2v) is 7.10. The highest BCUT2D eigenvalue weighted by molar-refractivity contribution is 5.91. The normalized spacial score (nSPS) is 15.0. The average Bonchev–Trinajstić information content (AvgIpc) is 3.19. The van der Waals surface area contributed by atoms with Gasteiger partial charge in [0.25, 0.3) is 5.91 Å². The van der Waals surface area contributed by atoms with Gasteiger partial charge in [0.1, 0.15) is 0 Å². The van der Waals surface area contributed by atoms with Crippen LogP contribution in [0.5, 0.6) is 0 Å². The van der Waals surface area contributed by atoms with E-state index in [4.69, 9.17) is 0 Å². The van der Waals surface area contributed by atoms with E-state index in [0.29, 0.717) is 18.9 Å². The van der Waals surface area contributed by atoms with Crippen LogP contribution in [0.25, 0.3) is 17.1 Å². The molecule has 4 rings (SSSR count). The van der Waals surface area contributed by atoms with E-state index in [9.17, 15) is 4.79 Å². The van der Waals surface area contributed by atoms with Gasteiger partial charge in [0, 0.05) is 31.7 Å². The van der Waals surface area contributed by atoms with Crippen molar-refractivity contribution >= 4 is 5.91 Å². The fourth-order valence-electron chi connectivity index (χ4n) is 3.53. The SMILES string of the molecule is CCN1CCN(C(=O)c2nc(-c3ccccc3)n(-c3cccc(C)c3)n2)CC1. The van der Waals surface area contributed by atoms with Crippen molar-refractivity contribution in [1.82, 2.24) is 24.6 Å². The second-order valence-electron chi connectivity index (χ2n) is 7.10. The lowest BCUT2D eigenvalue weighted by atomic mass is 10.2. The number of carbonyl (C=O) groups is 1. The fraction of sp³-hybridized carbons (Fsp3) is 0.318. The maximum absolute atomic E-state index is 13.1. The zero-order valence-electron chi connectivity index (χ0n) is 16.4. The number of aryl methyl sites for hydroxylation is 1. The van der Waals surface area contributed by atoms with Crippen molar-refractivity contribution in [1.29, 1.82) is 0 Å². The summed E-state index contributed by atoms with van der Waals surface area (Å²) in [6.07, 6.45) is 0. The first kappa shape index (κ1) is 18.4. The first-order valence-electron chi connectivity index (χ1n) is 9.77. The Morgan fingerprint density at radius 3 is 2.43 bits per heavy atom. The van der Waals surface area contributed by atoms with Crippen molar-refractivity contribution in [2.75, 3.05) is 32.7 Å². The Morgan fingerprint density at radius 2 is 1.75 bits per heavy atom. The van der Waals surface area contributed by atoms with Crippen LogP contribution in [0.1, 0.15) is 23.1 Å². The van der Waals surface area contributed by atoms with Crippen LogP contribution < -0.4 is 0 Å². The topological polar surface area (TPSA) is 54.3 Å². The van der Waals surface area contributed by atoms with E-state index >= 15 is 0 Å². The summed E-state index contributed by atoms with van der Waals surface area (Å²) in [6, 6.07) is 18.0. The Bertz CT molecular complexity index is 958. The number of aromatic nitrogens is 3. The molecule has 0 aliphatic carbocycles. The van der Waals surface area contributed by atoms with Gasteiger partial charge in [-0.25, -0.2) is 9.67 Å². The molecule has 1 amide bonds. The summed E-state index contributed by atoms with van der Waals surface area (Å²) in [4.78, 5) is 21.9. The van der Waals surface area contributed by atoms with Gasteiger partial charge in [0.05, 0.1) is 5.69 Å². The van der Waals surface area contributed by atoms with Gasteiger partial charge in [-0.15, -0.1) is 5.10 Å². The molecule has 2 aromatic carbocycles. The van der Waals surface area contributed by atoms with Crippen molar-refractivity contribution in [2.45, 2.75) is 13.8 Å². The largest absolute Gasteiger partial charge is 0.333 e. The minimum absolute atomic E-state index is 0.0978. The molecule has 0 N–H and O–H groups in total. The lowest BCUT2D eigenvalue weighted by molar-refractivity contribution is 0.0631. The molecule has 1 aliphatic rings. The third kappa shape index (κ3) is 3.68. The molecule has 0 unspecified atom stereocenters. The first-order valence-corrected chi connectivity index (χ1v) is 9.77. The van der Waals surface area contributed by atoms with Crippen molar-refractivity contribution in [3.05, 3.63) is 66.0 Å². The number of benzene rings is 2. The van der Waals surface area contributed by atoms with Gasteiger partial charge in [0.2, 0.25) is 5.82 Å². The summed E-state index contributed by atoms with van der Waals surface area (Å²) in [5, 5.41) is 4.61. The summed E-state index contributed by atoms with van der Waals surface area (Å²) in [5.74, 6) is 0.839. The van der Waals surface area contributed by atoms with Gasteiger partial charge in [-0.2, -0.15) is 0 Å². The molecule has 0 radical (unpaired) electrons. The Hall–Kier alpha value is -2.99. The van der Waals surface area contributed by atoms with Crippen LogP contribution in [0.4, 0.5) is 0 Å². The third-order valence-corrected chi connectivity index (χ3v) is 5.18. The lowest BCUT2D eigenvalue weighted by Gasteiger charge is -2.33. The monoisotopic (exact) mass is 375 g/mol. The highest BCUT2D eigenvalue weighted by Crippen LogP contribution is 2.22. The number of rotatable bonds is 4. The molecule has 3 aromatic rings. The number of hydrogen-bond donors (Lipinski definition) is 0. The molecule has 28 heavy (non-hydrogen) atoms. The van der Waals surface area contributed by atoms with Crippen LogP contribution in [-0.4, -0.2) is 63.2 Å². The molecular weight excluding hydrogens is 350 g/mol. The Kier molecular flexibility index (Phi) is 5.21. The average molecular weight is 375 g/mol. The number of hydrogen-bond acceptors (Lipinski definition) is 4. The summed E-state index contributed by atoms with van der Waals surface area (Å²) in [7, 11) is 0. The van der Waals surface area contributed by atoms with Crippen molar-refractivity contribution in [2.24, 2.45) is 0 Å². The van der Waals surface area contributed by atoms with E-state index in [1.807, 2.05) is 60.4 Å². The maximum atomic E-state index is 13.1. The zero-order valence-corrected chi connectivity index (χ0v) is 16.4. The Labute approximate surface area is 165 Å². The summed E-state index contributed by atoms with van der Waals surface area (Å²) < 4.78 is 1.78. The van der Waals surface area contributed by atoms with E-state index in [-0.39, 0.29) is 11.7 Å². The number of amides is 1. The quantitative estimate of drug-likeness (QED) is 0.703. The number of likely N-dealkylation sites (N-methyl/N-ethyl adjacent to an activating group) is 1. The van der Waals surface area contributed by atoms with E-state index in [2.05, 4.69) is 28.0 Å². The minimum Gasteiger partial charge on any atom is -0.333 e. The molecule has 1 fully saturated rings. The molecule has 1 saturated heterocycles. The molecule has 0 bridgehead atoms. The zero-order chi connectivity index (χ0) is 19.5. The summed E-state index contributed by atoms with van der Waals surface area (Å²) in [6.45, 7) is 8.43. The van der Waals surface area contributed by atoms with E-state index in [0.717, 1.165) is 36.4 Å². The standard InChI is InChI=1S/C22H25N5O/c1-3-25-12-14-26(15-13-25)22(28)20-23-21(18-9-5-4-6-10-18)27(24-20)19-11-7-8-17(2)16-19/h4-11,16H,3,12-15H2,1-2H3. The van der Waals surface area contributed by atoms with Crippen LogP contribution in [0, 0.1) is 6.92 Å². The van der Waals surface area contributed by atoms with E-state index in [1.54, 1.807) is 4.68 Å². The highest BCUT2D eigenvalue weighted by atomic mass is 16.2. The molecule has 0 spiro atoms. The summed E-state index contributed by atoms with van der Waals surface area (Å²) in [5.41, 5.74) is 2.98. The van der Waals surface area contributed by atoms with Crippen molar-refractivity contribution < 1.29 is 4.79 Å². The third-order valence-electron chi connectivity index (χ3n) is 5.18. The number of piperazine rings is 1. The predicted molar refractivity (Wildman–Crippen MR) is 110 cm³/mol. The van der Waals surface area contributed by atoms with Gasteiger partial charge < -0.3 is 9.80 Å². The van der Waals surface area contributed by atoms with E-state index in [1.165, 1.54) is 0 Å². The molecule has 0 saturated carbocycles. The molecule has 1 aliphatic heterocycles.